The highest BCUT2D eigenvalue weighted by atomic mass is 16.5. The molecule has 2 aliphatic rings. The van der Waals surface area contributed by atoms with Crippen LogP contribution in [0.5, 0.6) is 0 Å². The van der Waals surface area contributed by atoms with Crippen LogP contribution in [-0.2, 0) is 16.6 Å². The molecule has 2 aliphatic heterocycles. The fourth-order valence-electron chi connectivity index (χ4n) is 3.34. The normalized spacial score (nSPS) is 26.3. The van der Waals surface area contributed by atoms with E-state index in [2.05, 4.69) is 4.90 Å². The first-order valence-electron chi connectivity index (χ1n) is 7.58. The lowest BCUT2D eigenvalue weighted by molar-refractivity contribution is -0.131. The van der Waals surface area contributed by atoms with E-state index in [0.717, 1.165) is 0 Å². The lowest BCUT2D eigenvalue weighted by Crippen LogP contribution is -2.63. The zero-order valence-electron chi connectivity index (χ0n) is 12.8. The van der Waals surface area contributed by atoms with Crippen molar-refractivity contribution in [3.63, 3.8) is 0 Å². The molecule has 22 heavy (non-hydrogen) atoms. The zero-order chi connectivity index (χ0) is 15.7. The molecule has 7 heteroatoms. The fraction of sp³-hybridized carbons (Fsp3) is 0.600. The summed E-state index contributed by atoms with van der Waals surface area (Å²) in [6.07, 6.45) is 2.50. The van der Waals surface area contributed by atoms with Crippen LogP contribution in [0.1, 0.15) is 16.9 Å². The molecule has 0 saturated carbocycles. The molecule has 120 valence electrons. The van der Waals surface area contributed by atoms with Crippen LogP contribution in [0.15, 0.2) is 18.3 Å². The molecular formula is C15H22N4O3. The summed E-state index contributed by atoms with van der Waals surface area (Å²) in [5.74, 6) is -0.296. The Morgan fingerprint density at radius 3 is 2.50 bits per heavy atom. The standard InChI is InChI=1S/C15H22N4O3/c1-17-5-2-3-12(17)13(20)18-6-8-19(9-7-18)15(14(16)21)4-10-22-11-15/h2-3,5H,4,6-11H2,1H3,(H2,16,21). The summed E-state index contributed by atoms with van der Waals surface area (Å²) in [6, 6.07) is 3.69. The maximum absolute atomic E-state index is 12.5. The van der Waals surface area contributed by atoms with Crippen LogP contribution in [0.4, 0.5) is 0 Å². The summed E-state index contributed by atoms with van der Waals surface area (Å²) < 4.78 is 7.22. The molecular weight excluding hydrogens is 284 g/mol. The first-order valence-corrected chi connectivity index (χ1v) is 7.58. The van der Waals surface area contributed by atoms with Gasteiger partial charge in [0.2, 0.25) is 5.91 Å². The van der Waals surface area contributed by atoms with Gasteiger partial charge in [0.15, 0.2) is 0 Å². The highest BCUT2D eigenvalue weighted by Crippen LogP contribution is 2.27. The minimum Gasteiger partial charge on any atom is -0.379 e. The van der Waals surface area contributed by atoms with Crippen molar-refractivity contribution in [3.8, 4) is 0 Å². The summed E-state index contributed by atoms with van der Waals surface area (Å²) in [4.78, 5) is 28.3. The molecule has 7 nitrogen and oxygen atoms in total. The first-order chi connectivity index (χ1) is 10.5. The minimum atomic E-state index is -0.694. The van der Waals surface area contributed by atoms with E-state index in [1.807, 2.05) is 34.8 Å². The third-order valence-electron chi connectivity index (χ3n) is 4.79. The largest absolute Gasteiger partial charge is 0.379 e. The van der Waals surface area contributed by atoms with Crippen molar-refractivity contribution in [3.05, 3.63) is 24.0 Å². The molecule has 1 aromatic rings. The lowest BCUT2D eigenvalue weighted by atomic mass is 9.94. The molecule has 0 aliphatic carbocycles. The lowest BCUT2D eigenvalue weighted by Gasteiger charge is -2.43. The highest BCUT2D eigenvalue weighted by molar-refractivity contribution is 5.93. The van der Waals surface area contributed by atoms with Gasteiger partial charge in [0, 0.05) is 52.5 Å². The van der Waals surface area contributed by atoms with E-state index in [4.69, 9.17) is 10.5 Å². The predicted molar refractivity (Wildman–Crippen MR) is 80.3 cm³/mol. The predicted octanol–water partition coefficient (Wildman–Crippen LogP) is -0.573. The number of aromatic nitrogens is 1. The van der Waals surface area contributed by atoms with Crippen LogP contribution in [0, 0.1) is 0 Å². The van der Waals surface area contributed by atoms with Crippen molar-refractivity contribution in [1.82, 2.24) is 14.4 Å². The molecule has 2 N–H and O–H groups in total. The number of hydrogen-bond donors (Lipinski definition) is 1. The van der Waals surface area contributed by atoms with Crippen molar-refractivity contribution in [2.24, 2.45) is 12.8 Å². The number of amides is 2. The molecule has 2 amide bonds. The quantitative estimate of drug-likeness (QED) is 0.811. The summed E-state index contributed by atoms with van der Waals surface area (Å²) in [5, 5.41) is 0. The van der Waals surface area contributed by atoms with Crippen molar-refractivity contribution in [2.45, 2.75) is 12.0 Å². The first kappa shape index (κ1) is 15.1. The number of rotatable bonds is 3. The van der Waals surface area contributed by atoms with Crippen molar-refractivity contribution in [1.29, 1.82) is 0 Å². The van der Waals surface area contributed by atoms with Gasteiger partial charge in [-0.25, -0.2) is 0 Å². The Balaban J connectivity index is 1.66. The molecule has 0 spiro atoms. The topological polar surface area (TPSA) is 80.8 Å². The number of primary amides is 1. The third-order valence-corrected chi connectivity index (χ3v) is 4.79. The second-order valence-corrected chi connectivity index (χ2v) is 5.98. The van der Waals surface area contributed by atoms with Crippen LogP contribution < -0.4 is 5.73 Å². The Morgan fingerprint density at radius 2 is 2.00 bits per heavy atom. The fourth-order valence-corrected chi connectivity index (χ4v) is 3.34. The van der Waals surface area contributed by atoms with Gasteiger partial charge in [0.05, 0.1) is 6.61 Å². The maximum Gasteiger partial charge on any atom is 0.270 e. The van der Waals surface area contributed by atoms with Gasteiger partial charge < -0.3 is 19.9 Å². The van der Waals surface area contributed by atoms with E-state index in [-0.39, 0.29) is 11.8 Å². The second-order valence-electron chi connectivity index (χ2n) is 5.98. The molecule has 1 atom stereocenters. The van der Waals surface area contributed by atoms with E-state index >= 15 is 0 Å². The van der Waals surface area contributed by atoms with E-state index in [0.29, 0.717) is 51.5 Å². The van der Waals surface area contributed by atoms with Gasteiger partial charge >= 0.3 is 0 Å². The monoisotopic (exact) mass is 306 g/mol. The van der Waals surface area contributed by atoms with E-state index in [9.17, 15) is 9.59 Å². The maximum atomic E-state index is 12.5. The van der Waals surface area contributed by atoms with Gasteiger partial charge in [-0.2, -0.15) is 0 Å². The molecule has 0 radical (unpaired) electrons. The Bertz CT molecular complexity index is 569. The van der Waals surface area contributed by atoms with Crippen molar-refractivity contribution < 1.29 is 14.3 Å². The van der Waals surface area contributed by atoms with E-state index < -0.39 is 5.54 Å². The average Bonchev–Trinajstić information content (AvgIpc) is 3.16. The summed E-state index contributed by atoms with van der Waals surface area (Å²) >= 11 is 0. The van der Waals surface area contributed by atoms with Gasteiger partial charge in [-0.1, -0.05) is 0 Å². The Kier molecular flexibility index (Phi) is 3.92. The number of nitrogens with zero attached hydrogens (tertiary/aromatic N) is 3. The third kappa shape index (κ3) is 2.40. The Hall–Kier alpha value is -1.86. The van der Waals surface area contributed by atoms with Gasteiger partial charge in [0.25, 0.3) is 5.91 Å². The number of carbonyl (C=O) groups excluding carboxylic acids is 2. The SMILES string of the molecule is Cn1cccc1C(=O)N1CCN(C2(C(N)=O)CCOC2)CC1. The molecule has 2 saturated heterocycles. The van der Waals surface area contributed by atoms with Gasteiger partial charge in [-0.15, -0.1) is 0 Å². The number of aryl methyl sites for hydroxylation is 1. The van der Waals surface area contributed by atoms with Crippen LogP contribution in [0.25, 0.3) is 0 Å². The molecule has 0 bridgehead atoms. The molecule has 1 aromatic heterocycles. The Labute approximate surface area is 129 Å². The zero-order valence-corrected chi connectivity index (χ0v) is 12.8. The molecule has 0 aromatic carbocycles. The van der Waals surface area contributed by atoms with E-state index in [1.54, 1.807) is 0 Å². The number of hydrogen-bond acceptors (Lipinski definition) is 4. The smallest absolute Gasteiger partial charge is 0.270 e. The summed E-state index contributed by atoms with van der Waals surface area (Å²) in [7, 11) is 1.86. The average molecular weight is 306 g/mol. The van der Waals surface area contributed by atoms with Gasteiger partial charge in [-0.05, 0) is 12.1 Å². The van der Waals surface area contributed by atoms with Crippen LogP contribution in [0.3, 0.4) is 0 Å². The van der Waals surface area contributed by atoms with Gasteiger partial charge in [0.1, 0.15) is 11.2 Å². The Morgan fingerprint density at radius 1 is 1.27 bits per heavy atom. The second kappa shape index (κ2) is 5.73. The van der Waals surface area contributed by atoms with Crippen LogP contribution in [0.2, 0.25) is 0 Å². The van der Waals surface area contributed by atoms with Crippen molar-refractivity contribution in [2.75, 3.05) is 39.4 Å². The summed E-state index contributed by atoms with van der Waals surface area (Å²) in [6.45, 7) is 3.39. The van der Waals surface area contributed by atoms with Crippen LogP contribution >= 0.6 is 0 Å². The number of ether oxygens (including phenoxy) is 1. The molecule has 1 unspecified atom stereocenters. The van der Waals surface area contributed by atoms with Crippen LogP contribution in [-0.4, -0.2) is 71.1 Å². The van der Waals surface area contributed by atoms with Gasteiger partial charge in [-0.3, -0.25) is 14.5 Å². The van der Waals surface area contributed by atoms with Crippen molar-refractivity contribution >= 4 is 11.8 Å². The molecule has 3 rings (SSSR count). The van der Waals surface area contributed by atoms with E-state index in [1.165, 1.54) is 0 Å². The number of nitrogens with two attached hydrogens (primary N) is 1. The summed E-state index contributed by atoms with van der Waals surface area (Å²) in [5.41, 5.74) is 5.60. The minimum absolute atomic E-state index is 0.0305. The number of piperazine rings is 1. The highest BCUT2D eigenvalue weighted by Gasteiger charge is 2.47. The molecule has 2 fully saturated rings. The molecule has 3 heterocycles. The number of carbonyl (C=O) groups is 2.